The van der Waals surface area contributed by atoms with Gasteiger partial charge in [-0.05, 0) is 44.4 Å². The van der Waals surface area contributed by atoms with E-state index in [0.29, 0.717) is 30.3 Å². The highest BCUT2D eigenvalue weighted by Gasteiger charge is 2.41. The molecule has 0 spiro atoms. The molecule has 0 aliphatic carbocycles. The molecule has 2 fully saturated rings. The first-order valence-electron chi connectivity index (χ1n) is 10.6. The second kappa shape index (κ2) is 7.71. The topological polar surface area (TPSA) is 99.2 Å². The maximum absolute atomic E-state index is 12.7. The van der Waals surface area contributed by atoms with Gasteiger partial charge in [-0.2, -0.15) is 0 Å². The number of pyridine rings is 1. The monoisotopic (exact) mass is 410 g/mol. The summed E-state index contributed by atoms with van der Waals surface area (Å²) in [7, 11) is 0. The van der Waals surface area contributed by atoms with Gasteiger partial charge in [0.15, 0.2) is 0 Å². The van der Waals surface area contributed by atoms with Gasteiger partial charge >= 0.3 is 6.03 Å². The van der Waals surface area contributed by atoms with Crippen molar-refractivity contribution in [2.45, 2.75) is 50.5 Å². The Kier molecular flexibility index (Phi) is 4.90. The van der Waals surface area contributed by atoms with E-state index in [4.69, 9.17) is 9.72 Å². The van der Waals surface area contributed by atoms with Gasteiger partial charge in [-0.25, -0.2) is 9.78 Å². The standard InChI is InChI=1S/C21H26N6O3/c1-13(16-6-2-3-12-30-16)26-11-10-23-20(28)14-7-8-17(24-19(14)26)27-15-5-4-9-22-18(15)25-21(27)29/h4-5,7-9,13,15-16,18H,2-3,6,10-12H2,1H3,(H,23,28)(H,25,29)/t13-,15?,16-,18?/m0/s1. The number of fused-ring (bicyclic) bond motifs is 2. The lowest BCUT2D eigenvalue weighted by Crippen LogP contribution is -2.46. The molecule has 3 amide bonds. The van der Waals surface area contributed by atoms with Crippen molar-refractivity contribution in [1.29, 1.82) is 0 Å². The molecule has 1 aromatic heterocycles. The molecule has 158 valence electrons. The van der Waals surface area contributed by atoms with Crippen LogP contribution in [0.25, 0.3) is 0 Å². The summed E-state index contributed by atoms with van der Waals surface area (Å²) in [5.41, 5.74) is 0.521. The van der Waals surface area contributed by atoms with E-state index in [9.17, 15) is 9.59 Å². The quantitative estimate of drug-likeness (QED) is 0.786. The zero-order chi connectivity index (χ0) is 20.7. The summed E-state index contributed by atoms with van der Waals surface area (Å²) < 4.78 is 6.02. The van der Waals surface area contributed by atoms with Gasteiger partial charge in [0.25, 0.3) is 5.91 Å². The number of nitrogens with zero attached hydrogens (tertiary/aromatic N) is 4. The van der Waals surface area contributed by atoms with Crippen molar-refractivity contribution in [2.75, 3.05) is 29.5 Å². The van der Waals surface area contributed by atoms with Gasteiger partial charge in [-0.1, -0.05) is 6.08 Å². The maximum atomic E-state index is 12.7. The number of urea groups is 1. The molecular formula is C21H26N6O3. The minimum Gasteiger partial charge on any atom is -0.376 e. The number of rotatable bonds is 3. The van der Waals surface area contributed by atoms with Crippen LogP contribution in [-0.2, 0) is 4.74 Å². The first kappa shape index (κ1) is 19.0. The van der Waals surface area contributed by atoms with Gasteiger partial charge in [0.2, 0.25) is 0 Å². The van der Waals surface area contributed by atoms with Crippen molar-refractivity contribution in [1.82, 2.24) is 15.6 Å². The fourth-order valence-corrected chi connectivity index (χ4v) is 4.64. The Morgan fingerprint density at radius 3 is 3.00 bits per heavy atom. The molecule has 5 rings (SSSR count). The Balaban J connectivity index is 1.51. The lowest BCUT2D eigenvalue weighted by molar-refractivity contribution is 0.00229. The lowest BCUT2D eigenvalue weighted by atomic mass is 10.0. The molecule has 0 aromatic carbocycles. The third-order valence-corrected chi connectivity index (χ3v) is 6.26. The fourth-order valence-electron chi connectivity index (χ4n) is 4.64. The van der Waals surface area contributed by atoms with Crippen LogP contribution in [0.15, 0.2) is 29.3 Å². The number of ether oxygens (including phenoxy) is 1. The molecule has 4 aliphatic heterocycles. The van der Waals surface area contributed by atoms with Gasteiger partial charge in [-0.15, -0.1) is 0 Å². The second-order valence-electron chi connectivity index (χ2n) is 8.07. The molecule has 5 heterocycles. The van der Waals surface area contributed by atoms with E-state index in [1.54, 1.807) is 23.2 Å². The summed E-state index contributed by atoms with van der Waals surface area (Å²) in [5, 5.41) is 5.82. The van der Waals surface area contributed by atoms with Gasteiger partial charge in [-0.3, -0.25) is 14.7 Å². The number of amides is 3. The molecule has 0 saturated carbocycles. The molecule has 2 N–H and O–H groups in total. The first-order valence-corrected chi connectivity index (χ1v) is 10.6. The number of dihydropyridines is 1. The minimum absolute atomic E-state index is 0.0684. The predicted molar refractivity (Wildman–Crippen MR) is 113 cm³/mol. The van der Waals surface area contributed by atoms with Crippen molar-refractivity contribution in [2.24, 2.45) is 4.99 Å². The number of allylic oxidation sites excluding steroid dienone is 1. The van der Waals surface area contributed by atoms with Crippen LogP contribution in [0.5, 0.6) is 0 Å². The van der Waals surface area contributed by atoms with E-state index in [2.05, 4.69) is 27.4 Å². The summed E-state index contributed by atoms with van der Waals surface area (Å²) in [6.45, 7) is 4.07. The van der Waals surface area contributed by atoms with Crippen molar-refractivity contribution in [3.63, 3.8) is 0 Å². The molecular weight excluding hydrogens is 384 g/mol. The van der Waals surface area contributed by atoms with Crippen LogP contribution >= 0.6 is 0 Å². The number of aliphatic imine (C=N–C) groups is 1. The number of aromatic nitrogens is 1. The molecule has 2 saturated heterocycles. The van der Waals surface area contributed by atoms with E-state index in [1.165, 1.54) is 0 Å². The van der Waals surface area contributed by atoms with Gasteiger partial charge < -0.3 is 20.3 Å². The Hall–Kier alpha value is -2.94. The molecule has 30 heavy (non-hydrogen) atoms. The van der Waals surface area contributed by atoms with Gasteiger partial charge in [0.1, 0.15) is 17.8 Å². The largest absolute Gasteiger partial charge is 0.376 e. The summed E-state index contributed by atoms with van der Waals surface area (Å²) in [5.74, 6) is 0.968. The lowest BCUT2D eigenvalue weighted by Gasteiger charge is -2.37. The fraction of sp³-hybridized carbons (Fsp3) is 0.524. The smallest absolute Gasteiger partial charge is 0.325 e. The Labute approximate surface area is 175 Å². The number of hydrogen-bond donors (Lipinski definition) is 2. The second-order valence-corrected chi connectivity index (χ2v) is 8.07. The molecule has 2 unspecified atom stereocenters. The number of anilines is 2. The normalized spacial score (nSPS) is 29.0. The molecule has 4 aliphatic rings. The molecule has 9 heteroatoms. The van der Waals surface area contributed by atoms with E-state index < -0.39 is 0 Å². The Morgan fingerprint density at radius 2 is 2.17 bits per heavy atom. The molecule has 0 bridgehead atoms. The molecule has 4 atom stereocenters. The van der Waals surface area contributed by atoms with E-state index in [1.807, 2.05) is 12.2 Å². The number of carbonyl (C=O) groups excluding carboxylic acids is 2. The predicted octanol–water partition coefficient (Wildman–Crippen LogP) is 1.45. The van der Waals surface area contributed by atoms with E-state index in [0.717, 1.165) is 25.9 Å². The highest BCUT2D eigenvalue weighted by atomic mass is 16.5. The average molecular weight is 410 g/mol. The summed E-state index contributed by atoms with van der Waals surface area (Å²) in [6.07, 6.45) is 8.46. The first-order chi connectivity index (χ1) is 14.6. The van der Waals surface area contributed by atoms with Crippen LogP contribution in [0.2, 0.25) is 0 Å². The van der Waals surface area contributed by atoms with Crippen LogP contribution < -0.4 is 20.4 Å². The van der Waals surface area contributed by atoms with Crippen LogP contribution in [0, 0.1) is 0 Å². The summed E-state index contributed by atoms with van der Waals surface area (Å²) in [6, 6.07) is 3.09. The Morgan fingerprint density at radius 1 is 1.27 bits per heavy atom. The Bertz CT molecular complexity index is 910. The SMILES string of the molecule is C[C@@H]([C@@H]1CCCCO1)N1CCNC(=O)c2ccc(N3C(=O)NC4N=CC=CC43)nc21. The summed E-state index contributed by atoms with van der Waals surface area (Å²) >= 11 is 0. The van der Waals surface area contributed by atoms with Crippen LogP contribution in [0.1, 0.15) is 36.5 Å². The molecule has 9 nitrogen and oxygen atoms in total. The van der Waals surface area contributed by atoms with Crippen molar-refractivity contribution in [3.05, 3.63) is 29.8 Å². The van der Waals surface area contributed by atoms with E-state index >= 15 is 0 Å². The molecule has 0 radical (unpaired) electrons. The van der Waals surface area contributed by atoms with E-state index in [-0.39, 0.29) is 36.3 Å². The third-order valence-electron chi connectivity index (χ3n) is 6.26. The van der Waals surface area contributed by atoms with Crippen molar-refractivity contribution in [3.8, 4) is 0 Å². The van der Waals surface area contributed by atoms with Crippen LogP contribution in [0.3, 0.4) is 0 Å². The summed E-state index contributed by atoms with van der Waals surface area (Å²) in [4.78, 5) is 38.2. The highest BCUT2D eigenvalue weighted by molar-refractivity contribution is 6.01. The van der Waals surface area contributed by atoms with Gasteiger partial charge in [0.05, 0.1) is 23.8 Å². The highest BCUT2D eigenvalue weighted by Crippen LogP contribution is 2.31. The van der Waals surface area contributed by atoms with Crippen LogP contribution in [-0.4, -0.2) is 67.2 Å². The zero-order valence-corrected chi connectivity index (χ0v) is 17.0. The van der Waals surface area contributed by atoms with Crippen LogP contribution in [0.4, 0.5) is 16.4 Å². The molecule has 1 aromatic rings. The zero-order valence-electron chi connectivity index (χ0n) is 17.0. The number of nitrogens with one attached hydrogen (secondary N) is 2. The number of carbonyl (C=O) groups is 2. The average Bonchev–Trinajstić information content (AvgIpc) is 3.02. The third kappa shape index (κ3) is 3.23. The minimum atomic E-state index is -0.322. The number of hydrogen-bond acceptors (Lipinski definition) is 6. The van der Waals surface area contributed by atoms with Crippen molar-refractivity contribution >= 4 is 29.8 Å². The van der Waals surface area contributed by atoms with Gasteiger partial charge in [0, 0.05) is 25.9 Å². The van der Waals surface area contributed by atoms with Crippen molar-refractivity contribution < 1.29 is 14.3 Å². The maximum Gasteiger partial charge on any atom is 0.325 e.